The summed E-state index contributed by atoms with van der Waals surface area (Å²) in [5, 5.41) is 16.0. The number of halogens is 1. The van der Waals surface area contributed by atoms with E-state index in [1.807, 2.05) is 0 Å². The minimum Gasteiger partial charge on any atom is -0.396 e. The third-order valence-corrected chi connectivity index (χ3v) is 4.45. The number of hydrogen-bond acceptors (Lipinski definition) is 4. The van der Waals surface area contributed by atoms with Crippen LogP contribution in [0.25, 0.3) is 0 Å². The van der Waals surface area contributed by atoms with E-state index in [2.05, 4.69) is 38.3 Å². The van der Waals surface area contributed by atoms with Crippen LogP contribution in [0.5, 0.6) is 0 Å². The van der Waals surface area contributed by atoms with Gasteiger partial charge in [-0.3, -0.25) is 4.99 Å². The third-order valence-electron chi connectivity index (χ3n) is 4.45. The topological polar surface area (TPSA) is 75.1 Å². The number of nitrogens with zero attached hydrogens (tertiary/aromatic N) is 1. The number of aliphatic imine (C=N–C) groups is 1. The van der Waals surface area contributed by atoms with E-state index >= 15 is 0 Å². The van der Waals surface area contributed by atoms with Crippen molar-refractivity contribution in [3.8, 4) is 0 Å². The summed E-state index contributed by atoms with van der Waals surface area (Å²) in [5.74, 6) is 0.794. The predicted molar refractivity (Wildman–Crippen MR) is 109 cm³/mol. The van der Waals surface area contributed by atoms with Crippen molar-refractivity contribution in [1.29, 1.82) is 0 Å². The first kappa shape index (κ1) is 23.9. The Morgan fingerprint density at radius 2 is 2.08 bits per heavy atom. The molecule has 24 heavy (non-hydrogen) atoms. The Bertz CT molecular complexity index is 367. The van der Waals surface area contributed by atoms with E-state index in [-0.39, 0.29) is 47.5 Å². The molecule has 2 unspecified atom stereocenters. The molecule has 0 aliphatic carbocycles. The largest absolute Gasteiger partial charge is 0.396 e. The Balaban J connectivity index is 0.00000529. The highest BCUT2D eigenvalue weighted by Gasteiger charge is 2.34. The summed E-state index contributed by atoms with van der Waals surface area (Å²) in [4.78, 5) is 4.72. The monoisotopic (exact) mass is 457 g/mol. The fraction of sp³-hybridized carbons (Fsp3) is 0.941. The fourth-order valence-corrected chi connectivity index (χ4v) is 2.81. The van der Waals surface area contributed by atoms with E-state index in [1.54, 1.807) is 7.11 Å². The Labute approximate surface area is 164 Å². The summed E-state index contributed by atoms with van der Waals surface area (Å²) in [5.41, 5.74) is 0.0399. The molecule has 1 heterocycles. The molecule has 0 saturated carbocycles. The quantitative estimate of drug-likeness (QED) is 0.296. The average molecular weight is 457 g/mol. The van der Waals surface area contributed by atoms with Crippen molar-refractivity contribution >= 4 is 29.9 Å². The van der Waals surface area contributed by atoms with Gasteiger partial charge in [0.05, 0.1) is 19.3 Å². The molecule has 0 spiro atoms. The summed E-state index contributed by atoms with van der Waals surface area (Å²) < 4.78 is 11.1. The zero-order chi connectivity index (χ0) is 17.3. The minimum atomic E-state index is -0.0260. The van der Waals surface area contributed by atoms with Gasteiger partial charge < -0.3 is 25.2 Å². The van der Waals surface area contributed by atoms with Crippen molar-refractivity contribution in [2.75, 3.05) is 46.6 Å². The number of hydrogen-bond donors (Lipinski definition) is 3. The minimum absolute atomic E-state index is 0. The molecule has 2 atom stereocenters. The van der Waals surface area contributed by atoms with Crippen LogP contribution in [0.1, 0.15) is 40.5 Å². The lowest BCUT2D eigenvalue weighted by molar-refractivity contribution is 0.0205. The number of aliphatic hydroxyl groups is 1. The molecule has 3 N–H and O–H groups in total. The number of rotatable bonds is 8. The summed E-state index contributed by atoms with van der Waals surface area (Å²) in [6.07, 6.45) is 1.80. The van der Waals surface area contributed by atoms with Gasteiger partial charge in [-0.25, -0.2) is 0 Å². The van der Waals surface area contributed by atoms with Gasteiger partial charge in [0, 0.05) is 38.8 Å². The summed E-state index contributed by atoms with van der Waals surface area (Å²) in [6.45, 7) is 12.3. The molecule has 1 aliphatic heterocycles. The maximum Gasteiger partial charge on any atom is 0.191 e. The van der Waals surface area contributed by atoms with Crippen LogP contribution in [0.2, 0.25) is 0 Å². The van der Waals surface area contributed by atoms with Crippen molar-refractivity contribution in [1.82, 2.24) is 10.6 Å². The molecule has 7 heteroatoms. The molecule has 0 radical (unpaired) electrons. The third kappa shape index (κ3) is 7.84. The van der Waals surface area contributed by atoms with Crippen LogP contribution in [0, 0.1) is 10.8 Å². The number of nitrogens with one attached hydrogen (secondary N) is 2. The van der Waals surface area contributed by atoms with Crippen LogP contribution < -0.4 is 10.6 Å². The van der Waals surface area contributed by atoms with E-state index in [9.17, 15) is 5.11 Å². The van der Waals surface area contributed by atoms with Gasteiger partial charge in [-0.1, -0.05) is 20.8 Å². The first-order chi connectivity index (χ1) is 10.9. The molecule has 0 aromatic rings. The molecule has 0 aromatic heterocycles. The van der Waals surface area contributed by atoms with Crippen LogP contribution in [-0.4, -0.2) is 63.7 Å². The second-order valence-electron chi connectivity index (χ2n) is 7.44. The lowest BCUT2D eigenvalue weighted by atomic mass is 9.84. The van der Waals surface area contributed by atoms with Gasteiger partial charge in [-0.05, 0) is 25.2 Å². The van der Waals surface area contributed by atoms with Crippen LogP contribution in [-0.2, 0) is 9.47 Å². The Hall–Kier alpha value is -0.120. The van der Waals surface area contributed by atoms with Crippen LogP contribution in [0.3, 0.4) is 0 Å². The van der Waals surface area contributed by atoms with Gasteiger partial charge in [-0.2, -0.15) is 0 Å². The van der Waals surface area contributed by atoms with Crippen molar-refractivity contribution in [2.24, 2.45) is 15.8 Å². The number of ether oxygens (including phenoxy) is 2. The molecular weight excluding hydrogens is 421 g/mol. The predicted octanol–water partition coefficient (Wildman–Crippen LogP) is 2.01. The van der Waals surface area contributed by atoms with Crippen molar-refractivity contribution in [2.45, 2.75) is 46.6 Å². The number of guanidine groups is 1. The Morgan fingerprint density at radius 3 is 2.54 bits per heavy atom. The van der Waals surface area contributed by atoms with Gasteiger partial charge >= 0.3 is 0 Å². The molecule has 0 aromatic carbocycles. The van der Waals surface area contributed by atoms with E-state index in [0.29, 0.717) is 19.7 Å². The van der Waals surface area contributed by atoms with E-state index < -0.39 is 0 Å². The van der Waals surface area contributed by atoms with Gasteiger partial charge in [0.2, 0.25) is 0 Å². The highest BCUT2D eigenvalue weighted by Crippen LogP contribution is 2.32. The molecule has 1 saturated heterocycles. The van der Waals surface area contributed by atoms with Gasteiger partial charge in [-0.15, -0.1) is 24.0 Å². The lowest BCUT2D eigenvalue weighted by Crippen LogP contribution is -2.45. The first-order valence-corrected chi connectivity index (χ1v) is 8.60. The summed E-state index contributed by atoms with van der Waals surface area (Å²) in [6, 6.07) is 0. The molecule has 0 amide bonds. The second-order valence-corrected chi connectivity index (χ2v) is 7.44. The van der Waals surface area contributed by atoms with E-state index in [4.69, 9.17) is 14.5 Å². The van der Waals surface area contributed by atoms with Gasteiger partial charge in [0.25, 0.3) is 0 Å². The Kier molecular flexibility index (Phi) is 11.4. The molecule has 6 nitrogen and oxygen atoms in total. The normalized spacial score (nSPS) is 22.8. The zero-order valence-corrected chi connectivity index (χ0v) is 18.2. The van der Waals surface area contributed by atoms with Crippen molar-refractivity contribution in [3.05, 3.63) is 0 Å². The smallest absolute Gasteiger partial charge is 0.191 e. The molecule has 1 aliphatic rings. The van der Waals surface area contributed by atoms with Crippen molar-refractivity contribution in [3.63, 3.8) is 0 Å². The number of aliphatic hydroxyl groups excluding tert-OH is 1. The number of methoxy groups -OCH3 is 1. The molecule has 1 rings (SSSR count). The highest BCUT2D eigenvalue weighted by atomic mass is 127. The SMILES string of the molecule is CCNC(=NCC1(CCO)CCOC1)NCC(OC)C(C)(C)C.I. The highest BCUT2D eigenvalue weighted by molar-refractivity contribution is 14.0. The van der Waals surface area contributed by atoms with E-state index in [1.165, 1.54) is 0 Å². The van der Waals surface area contributed by atoms with Crippen molar-refractivity contribution < 1.29 is 14.6 Å². The molecule has 144 valence electrons. The van der Waals surface area contributed by atoms with E-state index in [0.717, 1.165) is 32.0 Å². The second kappa shape index (κ2) is 11.5. The molecular formula is C17H36IN3O3. The average Bonchev–Trinajstić information content (AvgIpc) is 2.93. The van der Waals surface area contributed by atoms with Crippen LogP contribution in [0.4, 0.5) is 0 Å². The van der Waals surface area contributed by atoms with Gasteiger partial charge in [0.15, 0.2) is 5.96 Å². The fourth-order valence-electron chi connectivity index (χ4n) is 2.81. The summed E-state index contributed by atoms with van der Waals surface area (Å²) in [7, 11) is 1.74. The zero-order valence-electron chi connectivity index (χ0n) is 15.9. The van der Waals surface area contributed by atoms with Gasteiger partial charge in [0.1, 0.15) is 0 Å². The summed E-state index contributed by atoms with van der Waals surface area (Å²) >= 11 is 0. The van der Waals surface area contributed by atoms with Crippen LogP contribution >= 0.6 is 24.0 Å². The standard InChI is InChI=1S/C17H35N3O3.HI/c1-6-18-15(19-11-14(22-5)16(2,3)4)20-12-17(7-9-21)8-10-23-13-17;/h14,21H,6-13H2,1-5H3,(H2,18,19,20);1H. The molecule has 0 bridgehead atoms. The van der Waals surface area contributed by atoms with Crippen LogP contribution in [0.15, 0.2) is 4.99 Å². The lowest BCUT2D eigenvalue weighted by Gasteiger charge is -2.30. The first-order valence-electron chi connectivity index (χ1n) is 8.60. The Morgan fingerprint density at radius 1 is 1.38 bits per heavy atom. The maximum absolute atomic E-state index is 9.31. The maximum atomic E-state index is 9.31. The molecule has 1 fully saturated rings.